The van der Waals surface area contributed by atoms with Gasteiger partial charge in [0.05, 0.1) is 12.2 Å². The fourth-order valence-electron chi connectivity index (χ4n) is 1.57. The van der Waals surface area contributed by atoms with Gasteiger partial charge < -0.3 is 14.8 Å². The number of benzene rings is 1. The molecule has 2 rings (SSSR count). The molecule has 0 fully saturated rings. The van der Waals surface area contributed by atoms with E-state index in [1.54, 1.807) is 19.2 Å². The summed E-state index contributed by atoms with van der Waals surface area (Å²) in [6.07, 6.45) is 1.42. The Morgan fingerprint density at radius 1 is 1.24 bits per heavy atom. The third kappa shape index (κ3) is 4.54. The zero-order valence-corrected chi connectivity index (χ0v) is 11.5. The van der Waals surface area contributed by atoms with Gasteiger partial charge in [0.25, 0.3) is 5.91 Å². The number of amides is 1. The molecule has 1 aromatic carbocycles. The van der Waals surface area contributed by atoms with E-state index in [0.717, 1.165) is 0 Å². The van der Waals surface area contributed by atoms with E-state index in [1.807, 2.05) is 0 Å². The van der Waals surface area contributed by atoms with Gasteiger partial charge in [0.1, 0.15) is 11.6 Å². The molecule has 0 aliphatic carbocycles. The summed E-state index contributed by atoms with van der Waals surface area (Å²) in [5.41, 5.74) is 0.428. The molecule has 21 heavy (non-hydrogen) atoms. The normalized spacial score (nSPS) is 10.2. The van der Waals surface area contributed by atoms with Crippen LogP contribution in [0.1, 0.15) is 10.4 Å². The number of hydrogen-bond donors (Lipinski definition) is 1. The predicted molar refractivity (Wildman–Crippen MR) is 74.9 cm³/mol. The van der Waals surface area contributed by atoms with E-state index in [0.29, 0.717) is 30.3 Å². The van der Waals surface area contributed by atoms with Gasteiger partial charge in [-0.25, -0.2) is 9.37 Å². The number of ether oxygens (including phenoxy) is 2. The van der Waals surface area contributed by atoms with Gasteiger partial charge in [0, 0.05) is 25.9 Å². The maximum absolute atomic E-state index is 12.8. The van der Waals surface area contributed by atoms with Gasteiger partial charge in [-0.15, -0.1) is 0 Å². The van der Waals surface area contributed by atoms with Gasteiger partial charge in [-0.1, -0.05) is 0 Å². The maximum atomic E-state index is 12.8. The van der Waals surface area contributed by atoms with Crippen LogP contribution in [0.5, 0.6) is 11.6 Å². The van der Waals surface area contributed by atoms with Crippen LogP contribution in [0.25, 0.3) is 0 Å². The van der Waals surface area contributed by atoms with Crippen molar-refractivity contribution in [1.82, 2.24) is 10.3 Å². The van der Waals surface area contributed by atoms with Crippen LogP contribution in [0, 0.1) is 5.82 Å². The van der Waals surface area contributed by atoms with Crippen molar-refractivity contribution in [2.45, 2.75) is 0 Å². The quantitative estimate of drug-likeness (QED) is 0.830. The van der Waals surface area contributed by atoms with E-state index < -0.39 is 0 Å². The molecule has 0 aliphatic rings. The Labute approximate surface area is 121 Å². The van der Waals surface area contributed by atoms with Gasteiger partial charge in [-0.05, 0) is 30.3 Å². The van der Waals surface area contributed by atoms with Gasteiger partial charge in [0.15, 0.2) is 0 Å². The molecule has 1 N–H and O–H groups in total. The lowest BCUT2D eigenvalue weighted by molar-refractivity contribution is 0.0936. The van der Waals surface area contributed by atoms with Crippen LogP contribution in [-0.2, 0) is 4.74 Å². The average Bonchev–Trinajstić information content (AvgIpc) is 2.50. The summed E-state index contributed by atoms with van der Waals surface area (Å²) in [4.78, 5) is 15.8. The SMILES string of the molecule is COCCNC(=O)c1ccc(Oc2ccc(F)cc2)nc1. The highest BCUT2D eigenvalue weighted by Crippen LogP contribution is 2.19. The number of pyridine rings is 1. The lowest BCUT2D eigenvalue weighted by Crippen LogP contribution is -2.26. The van der Waals surface area contributed by atoms with Crippen LogP contribution in [0.4, 0.5) is 4.39 Å². The van der Waals surface area contributed by atoms with E-state index in [9.17, 15) is 9.18 Å². The zero-order valence-electron chi connectivity index (χ0n) is 11.5. The summed E-state index contributed by atoms with van der Waals surface area (Å²) in [7, 11) is 1.56. The van der Waals surface area contributed by atoms with E-state index in [1.165, 1.54) is 30.5 Å². The van der Waals surface area contributed by atoms with Crippen LogP contribution in [0.2, 0.25) is 0 Å². The molecule has 5 nitrogen and oxygen atoms in total. The number of nitrogens with one attached hydrogen (secondary N) is 1. The molecule has 0 unspecified atom stereocenters. The van der Waals surface area contributed by atoms with Crippen LogP contribution < -0.4 is 10.1 Å². The first-order valence-electron chi connectivity index (χ1n) is 6.35. The van der Waals surface area contributed by atoms with Crippen molar-refractivity contribution in [2.75, 3.05) is 20.3 Å². The lowest BCUT2D eigenvalue weighted by Gasteiger charge is -2.06. The second kappa shape index (κ2) is 7.35. The molecule has 1 heterocycles. The van der Waals surface area contributed by atoms with E-state index in [4.69, 9.17) is 9.47 Å². The Bertz CT molecular complexity index is 585. The van der Waals surface area contributed by atoms with Gasteiger partial charge in [0.2, 0.25) is 5.88 Å². The van der Waals surface area contributed by atoms with Crippen molar-refractivity contribution in [3.05, 3.63) is 54.0 Å². The summed E-state index contributed by atoms with van der Waals surface area (Å²) >= 11 is 0. The van der Waals surface area contributed by atoms with Crippen molar-refractivity contribution >= 4 is 5.91 Å². The highest BCUT2D eigenvalue weighted by atomic mass is 19.1. The first-order chi connectivity index (χ1) is 10.2. The molecule has 110 valence electrons. The average molecular weight is 290 g/mol. The number of carbonyl (C=O) groups excluding carboxylic acids is 1. The molecule has 0 aliphatic heterocycles. The summed E-state index contributed by atoms with van der Waals surface area (Å²) in [6.45, 7) is 0.883. The van der Waals surface area contributed by atoms with E-state index >= 15 is 0 Å². The maximum Gasteiger partial charge on any atom is 0.252 e. The summed E-state index contributed by atoms with van der Waals surface area (Å²) < 4.78 is 23.1. The van der Waals surface area contributed by atoms with Gasteiger partial charge in [-0.3, -0.25) is 4.79 Å². The fourth-order valence-corrected chi connectivity index (χ4v) is 1.57. The lowest BCUT2D eigenvalue weighted by atomic mass is 10.2. The third-order valence-corrected chi connectivity index (χ3v) is 2.63. The number of aromatic nitrogens is 1. The monoisotopic (exact) mass is 290 g/mol. The van der Waals surface area contributed by atoms with E-state index in [2.05, 4.69) is 10.3 Å². The Balaban J connectivity index is 1.95. The van der Waals surface area contributed by atoms with Crippen LogP contribution in [0.3, 0.4) is 0 Å². The molecule has 2 aromatic rings. The Morgan fingerprint density at radius 2 is 2.00 bits per heavy atom. The second-order valence-corrected chi connectivity index (χ2v) is 4.19. The first kappa shape index (κ1) is 14.9. The Kier molecular flexibility index (Phi) is 5.22. The molecular formula is C15H15FN2O3. The van der Waals surface area contributed by atoms with Gasteiger partial charge in [-0.2, -0.15) is 0 Å². The zero-order chi connectivity index (χ0) is 15.1. The van der Waals surface area contributed by atoms with E-state index in [-0.39, 0.29) is 11.7 Å². The minimum atomic E-state index is -0.335. The number of rotatable bonds is 6. The molecule has 1 amide bonds. The topological polar surface area (TPSA) is 60.5 Å². The van der Waals surface area contributed by atoms with Crippen LogP contribution >= 0.6 is 0 Å². The molecule has 0 radical (unpaired) electrons. The second-order valence-electron chi connectivity index (χ2n) is 4.19. The summed E-state index contributed by atoms with van der Waals surface area (Å²) in [6, 6.07) is 8.78. The highest BCUT2D eigenvalue weighted by molar-refractivity contribution is 5.93. The Morgan fingerprint density at radius 3 is 2.62 bits per heavy atom. The molecule has 0 bridgehead atoms. The minimum Gasteiger partial charge on any atom is -0.439 e. The standard InChI is InChI=1S/C15H15FN2O3/c1-20-9-8-17-15(19)11-2-7-14(18-10-11)21-13-5-3-12(16)4-6-13/h2-7,10H,8-9H2,1H3,(H,17,19). The third-order valence-electron chi connectivity index (χ3n) is 2.63. The number of halogens is 1. The molecular weight excluding hydrogens is 275 g/mol. The summed E-state index contributed by atoms with van der Waals surface area (Å²) in [5, 5.41) is 2.69. The molecule has 6 heteroatoms. The molecule has 1 aromatic heterocycles. The largest absolute Gasteiger partial charge is 0.439 e. The molecule has 0 saturated carbocycles. The van der Waals surface area contributed by atoms with Crippen LogP contribution in [-0.4, -0.2) is 31.2 Å². The first-order valence-corrected chi connectivity index (χ1v) is 6.35. The predicted octanol–water partition coefficient (Wildman–Crippen LogP) is 2.39. The highest BCUT2D eigenvalue weighted by Gasteiger charge is 2.06. The van der Waals surface area contributed by atoms with Crippen molar-refractivity contribution in [3.8, 4) is 11.6 Å². The molecule has 0 spiro atoms. The molecule has 0 atom stereocenters. The van der Waals surface area contributed by atoms with Crippen molar-refractivity contribution in [1.29, 1.82) is 0 Å². The fraction of sp³-hybridized carbons (Fsp3) is 0.200. The number of nitrogens with zero attached hydrogens (tertiary/aromatic N) is 1. The molecule has 0 saturated heterocycles. The number of methoxy groups -OCH3 is 1. The number of carbonyl (C=O) groups is 1. The van der Waals surface area contributed by atoms with Crippen molar-refractivity contribution in [3.63, 3.8) is 0 Å². The van der Waals surface area contributed by atoms with Crippen LogP contribution in [0.15, 0.2) is 42.6 Å². The Hall–Kier alpha value is -2.47. The minimum absolute atomic E-state index is 0.229. The van der Waals surface area contributed by atoms with Crippen molar-refractivity contribution in [2.24, 2.45) is 0 Å². The van der Waals surface area contributed by atoms with Crippen molar-refractivity contribution < 1.29 is 18.7 Å². The number of hydrogen-bond acceptors (Lipinski definition) is 4. The van der Waals surface area contributed by atoms with Gasteiger partial charge >= 0.3 is 0 Å². The summed E-state index contributed by atoms with van der Waals surface area (Å²) in [5.74, 6) is 0.238. The smallest absolute Gasteiger partial charge is 0.252 e.